The van der Waals surface area contributed by atoms with Gasteiger partial charge in [0, 0.05) is 0 Å². The molecule has 26 heavy (non-hydrogen) atoms. The van der Waals surface area contributed by atoms with Gasteiger partial charge < -0.3 is 9.05 Å². The molecule has 0 aliphatic heterocycles. The Morgan fingerprint density at radius 2 is 1.27 bits per heavy atom. The van der Waals surface area contributed by atoms with Gasteiger partial charge in [-0.05, 0) is 30.5 Å². The van der Waals surface area contributed by atoms with Gasteiger partial charge in [-0.3, -0.25) is 4.57 Å². The van der Waals surface area contributed by atoms with E-state index in [9.17, 15) is 4.57 Å². The second-order valence-electron chi connectivity index (χ2n) is 6.79. The number of benzene rings is 1. The number of rotatable bonds is 16. The maximum Gasteiger partial charge on any atom is 0.361 e. The summed E-state index contributed by atoms with van der Waals surface area (Å²) in [6, 6.07) is 7.49. The summed E-state index contributed by atoms with van der Waals surface area (Å²) in [5.74, 6) is 0. The molecule has 0 heterocycles. The maximum atomic E-state index is 13.3. The van der Waals surface area contributed by atoms with Gasteiger partial charge in [0.15, 0.2) is 0 Å². The molecule has 1 rings (SSSR count). The lowest BCUT2D eigenvalue weighted by Gasteiger charge is -2.19. The van der Waals surface area contributed by atoms with Crippen molar-refractivity contribution in [3.05, 3.63) is 36.4 Å². The van der Waals surface area contributed by atoms with Crippen molar-refractivity contribution in [1.82, 2.24) is 0 Å². The largest absolute Gasteiger partial charge is 0.361 e. The molecule has 0 saturated carbocycles. The van der Waals surface area contributed by atoms with Crippen LogP contribution in [0.2, 0.25) is 0 Å². The van der Waals surface area contributed by atoms with Crippen LogP contribution in [0.1, 0.15) is 83.6 Å². The van der Waals surface area contributed by atoms with Crippen molar-refractivity contribution in [3.8, 4) is 0 Å². The van der Waals surface area contributed by atoms with Crippen LogP contribution in [0.25, 0.3) is 6.08 Å². The van der Waals surface area contributed by atoms with Crippen molar-refractivity contribution in [2.75, 3.05) is 13.2 Å². The number of hydrogen-bond acceptors (Lipinski definition) is 3. The monoisotopic (exact) mass is 380 g/mol. The highest BCUT2D eigenvalue weighted by Crippen LogP contribution is 2.47. The fraction of sp³-hybridized carbons (Fsp3) is 0.636. The average molecular weight is 381 g/mol. The Bertz CT molecular complexity index is 505. The molecule has 0 N–H and O–H groups in total. The topological polar surface area (TPSA) is 35.5 Å². The standard InChI is InChI=1S/C22H37O3P/c1-4-7-9-11-13-19-24-26(23,25-20-14-12-10-8-5-2)22-17-15-21(6-3)16-18-22/h6,15-18H,3-5,7-14,19-20H2,1-2H3. The lowest BCUT2D eigenvalue weighted by atomic mass is 10.2. The third kappa shape index (κ3) is 9.16. The van der Waals surface area contributed by atoms with Gasteiger partial charge in [-0.2, -0.15) is 0 Å². The molecule has 0 aromatic heterocycles. The molecule has 3 nitrogen and oxygen atoms in total. The predicted molar refractivity (Wildman–Crippen MR) is 113 cm³/mol. The Hall–Kier alpha value is -0.890. The molecule has 148 valence electrons. The Balaban J connectivity index is 2.58. The molecule has 0 amide bonds. The van der Waals surface area contributed by atoms with Crippen LogP contribution in [0.3, 0.4) is 0 Å². The van der Waals surface area contributed by atoms with E-state index in [2.05, 4.69) is 20.4 Å². The third-order valence-corrected chi connectivity index (χ3v) is 6.44. The summed E-state index contributed by atoms with van der Waals surface area (Å²) in [6.07, 6.45) is 13.2. The second-order valence-corrected chi connectivity index (χ2v) is 8.82. The molecule has 0 aliphatic rings. The summed E-state index contributed by atoms with van der Waals surface area (Å²) in [5.41, 5.74) is 0.999. The Kier molecular flexibility index (Phi) is 12.6. The van der Waals surface area contributed by atoms with Gasteiger partial charge >= 0.3 is 7.60 Å². The lowest BCUT2D eigenvalue weighted by Crippen LogP contribution is -2.12. The molecule has 0 unspecified atom stereocenters. The molecule has 0 spiro atoms. The van der Waals surface area contributed by atoms with Crippen LogP contribution in [0.5, 0.6) is 0 Å². The Morgan fingerprint density at radius 1 is 0.808 bits per heavy atom. The van der Waals surface area contributed by atoms with E-state index in [1.807, 2.05) is 24.3 Å². The minimum atomic E-state index is -3.25. The molecule has 0 aliphatic carbocycles. The van der Waals surface area contributed by atoms with E-state index < -0.39 is 7.60 Å². The van der Waals surface area contributed by atoms with Gasteiger partial charge in [0.25, 0.3) is 0 Å². The summed E-state index contributed by atoms with van der Waals surface area (Å²) in [7, 11) is -3.25. The van der Waals surface area contributed by atoms with E-state index >= 15 is 0 Å². The molecular formula is C22H37O3P. The smallest absolute Gasteiger partial charge is 0.305 e. The second kappa shape index (κ2) is 14.2. The SMILES string of the molecule is C=Cc1ccc(P(=O)(OCCCCCCC)OCCCCCCC)cc1. The predicted octanol–water partition coefficient (Wildman–Crippen LogP) is 7.12. The van der Waals surface area contributed by atoms with Crippen LogP contribution in [-0.4, -0.2) is 13.2 Å². The van der Waals surface area contributed by atoms with Crippen LogP contribution < -0.4 is 5.30 Å². The zero-order chi connectivity index (χ0) is 19.1. The van der Waals surface area contributed by atoms with Crippen molar-refractivity contribution in [1.29, 1.82) is 0 Å². The van der Waals surface area contributed by atoms with E-state index in [1.54, 1.807) is 6.08 Å². The van der Waals surface area contributed by atoms with Gasteiger partial charge in [-0.1, -0.05) is 90.0 Å². The van der Waals surface area contributed by atoms with E-state index in [-0.39, 0.29) is 0 Å². The van der Waals surface area contributed by atoms with Crippen LogP contribution in [-0.2, 0) is 13.6 Å². The minimum absolute atomic E-state index is 0.486. The summed E-state index contributed by atoms with van der Waals surface area (Å²) < 4.78 is 24.9. The minimum Gasteiger partial charge on any atom is -0.305 e. The van der Waals surface area contributed by atoms with E-state index in [4.69, 9.17) is 9.05 Å². The fourth-order valence-corrected chi connectivity index (χ4v) is 4.39. The highest BCUT2D eigenvalue weighted by atomic mass is 31.2. The average Bonchev–Trinajstić information content (AvgIpc) is 2.67. The molecule has 4 heteroatoms. The molecule has 0 bridgehead atoms. The van der Waals surface area contributed by atoms with Gasteiger partial charge in [0.1, 0.15) is 0 Å². The van der Waals surface area contributed by atoms with Crippen molar-refractivity contribution < 1.29 is 13.6 Å². The number of hydrogen-bond donors (Lipinski definition) is 0. The number of unbranched alkanes of at least 4 members (excludes halogenated alkanes) is 8. The Morgan fingerprint density at radius 3 is 1.69 bits per heavy atom. The van der Waals surface area contributed by atoms with E-state index in [0.717, 1.165) is 31.2 Å². The van der Waals surface area contributed by atoms with E-state index in [1.165, 1.54) is 38.5 Å². The highest BCUT2D eigenvalue weighted by Gasteiger charge is 2.27. The molecule has 0 fully saturated rings. The highest BCUT2D eigenvalue weighted by molar-refractivity contribution is 7.62. The van der Waals surface area contributed by atoms with Crippen molar-refractivity contribution in [2.24, 2.45) is 0 Å². The van der Waals surface area contributed by atoms with Crippen LogP contribution in [0.15, 0.2) is 30.8 Å². The maximum absolute atomic E-state index is 13.3. The first kappa shape index (κ1) is 23.1. The molecule has 0 saturated heterocycles. The Labute approximate surface area is 160 Å². The zero-order valence-electron chi connectivity index (χ0n) is 16.8. The first-order valence-corrected chi connectivity index (χ1v) is 11.8. The quantitative estimate of drug-likeness (QED) is 0.226. The first-order chi connectivity index (χ1) is 12.7. The van der Waals surface area contributed by atoms with Crippen LogP contribution in [0.4, 0.5) is 0 Å². The third-order valence-electron chi connectivity index (χ3n) is 4.46. The summed E-state index contributed by atoms with van der Waals surface area (Å²) in [4.78, 5) is 0. The molecule has 0 radical (unpaired) electrons. The van der Waals surface area contributed by atoms with Crippen LogP contribution in [0, 0.1) is 0 Å². The van der Waals surface area contributed by atoms with E-state index in [0.29, 0.717) is 18.5 Å². The van der Waals surface area contributed by atoms with Crippen LogP contribution >= 0.6 is 7.60 Å². The normalized spacial score (nSPS) is 11.6. The van der Waals surface area contributed by atoms with Gasteiger partial charge in [-0.25, -0.2) is 0 Å². The summed E-state index contributed by atoms with van der Waals surface area (Å²) in [6.45, 7) is 9.13. The van der Waals surface area contributed by atoms with Gasteiger partial charge in [0.05, 0.1) is 18.5 Å². The van der Waals surface area contributed by atoms with Gasteiger partial charge in [0.2, 0.25) is 0 Å². The van der Waals surface area contributed by atoms with Crippen molar-refractivity contribution in [2.45, 2.75) is 78.1 Å². The molecule has 1 aromatic rings. The molecule has 1 aromatic carbocycles. The van der Waals surface area contributed by atoms with Crippen molar-refractivity contribution in [3.63, 3.8) is 0 Å². The van der Waals surface area contributed by atoms with Crippen molar-refractivity contribution >= 4 is 19.0 Å². The first-order valence-electron chi connectivity index (χ1n) is 10.3. The van der Waals surface area contributed by atoms with Gasteiger partial charge in [-0.15, -0.1) is 0 Å². The lowest BCUT2D eigenvalue weighted by molar-refractivity contribution is 0.206. The molecular weight excluding hydrogens is 343 g/mol. The summed E-state index contributed by atoms with van der Waals surface area (Å²) >= 11 is 0. The zero-order valence-corrected chi connectivity index (χ0v) is 17.6. The fourth-order valence-electron chi connectivity index (χ4n) is 2.76. The molecule has 0 atom stereocenters. The summed E-state index contributed by atoms with van der Waals surface area (Å²) in [5, 5.41) is 0.644.